The molecule has 0 aliphatic rings. The molecule has 2 heteroatoms. The van der Waals surface area contributed by atoms with Gasteiger partial charge in [0.25, 0.3) is 0 Å². The molecule has 0 aliphatic heterocycles. The number of benzene rings is 4. The Balaban J connectivity index is 1.48. The molecule has 2 nitrogen and oxygen atoms in total. The van der Waals surface area contributed by atoms with E-state index in [0.29, 0.717) is 5.56 Å². The van der Waals surface area contributed by atoms with Gasteiger partial charge in [0.1, 0.15) is 18.2 Å². The maximum absolute atomic E-state index is 8.61. The van der Waals surface area contributed by atoms with Gasteiger partial charge in [-0.2, -0.15) is 0 Å². The molecule has 0 aliphatic carbocycles. The highest BCUT2D eigenvalue weighted by atomic mass is 16.3. The third-order valence-electron chi connectivity index (χ3n) is 6.87. The molecule has 0 saturated heterocycles. The Labute approximate surface area is 215 Å². The largest absolute Gasteiger partial charge is 0.456 e. The summed E-state index contributed by atoms with van der Waals surface area (Å²) in [6, 6.07) is 29.3. The van der Waals surface area contributed by atoms with Crippen molar-refractivity contribution >= 4 is 32.7 Å². The van der Waals surface area contributed by atoms with Gasteiger partial charge in [0, 0.05) is 31.2 Å². The van der Waals surface area contributed by atoms with Crippen molar-refractivity contribution in [2.24, 2.45) is 12.5 Å². The van der Waals surface area contributed by atoms with Gasteiger partial charge in [-0.25, -0.2) is 4.57 Å². The number of hydrogen-bond donors (Lipinski definition) is 0. The second kappa shape index (κ2) is 8.34. The Morgan fingerprint density at radius 1 is 0.806 bits per heavy atom. The van der Waals surface area contributed by atoms with Gasteiger partial charge in [0.05, 0.1) is 0 Å². The van der Waals surface area contributed by atoms with Crippen molar-refractivity contribution in [3.05, 3.63) is 102 Å². The lowest BCUT2D eigenvalue weighted by Gasteiger charge is -2.18. The van der Waals surface area contributed by atoms with Crippen LogP contribution in [0.1, 0.15) is 34.6 Å². The van der Waals surface area contributed by atoms with E-state index in [9.17, 15) is 0 Å². The minimum absolute atomic E-state index is 0.485. The number of pyridine rings is 1. The molecule has 0 unspecified atom stereocenters. The molecule has 0 atom stereocenters. The van der Waals surface area contributed by atoms with Gasteiger partial charge in [-0.1, -0.05) is 75.4 Å². The summed E-state index contributed by atoms with van der Waals surface area (Å²) >= 11 is 0. The highest BCUT2D eigenvalue weighted by Crippen LogP contribution is 2.38. The van der Waals surface area contributed by atoms with E-state index in [1.165, 1.54) is 10.8 Å². The molecule has 0 saturated carbocycles. The van der Waals surface area contributed by atoms with Crippen LogP contribution in [-0.2, 0) is 13.4 Å². The van der Waals surface area contributed by atoms with Crippen LogP contribution in [0.25, 0.3) is 55.1 Å². The van der Waals surface area contributed by atoms with Crippen molar-refractivity contribution < 1.29 is 11.7 Å². The molecule has 6 aromatic rings. The Morgan fingerprint density at radius 2 is 1.58 bits per heavy atom. The average molecular weight is 473 g/mol. The van der Waals surface area contributed by atoms with E-state index in [-0.39, 0.29) is 0 Å². The Hall–Kier alpha value is -3.91. The fourth-order valence-corrected chi connectivity index (χ4v) is 5.17. The van der Waals surface area contributed by atoms with Crippen LogP contribution < -0.4 is 4.57 Å². The molecule has 36 heavy (non-hydrogen) atoms. The fourth-order valence-electron chi connectivity index (χ4n) is 5.17. The smallest absolute Gasteiger partial charge is 0.213 e. The maximum atomic E-state index is 8.61. The normalized spacial score (nSPS) is 13.4. The summed E-state index contributed by atoms with van der Waals surface area (Å²) in [6.45, 7) is 7.96. The van der Waals surface area contributed by atoms with E-state index in [1.54, 1.807) is 0 Å². The molecular weight excluding hydrogens is 438 g/mol. The predicted octanol–water partition coefficient (Wildman–Crippen LogP) is 8.79. The van der Waals surface area contributed by atoms with Crippen LogP contribution in [-0.4, -0.2) is 0 Å². The molecule has 0 spiro atoms. The second-order valence-corrected chi connectivity index (χ2v) is 10.8. The van der Waals surface area contributed by atoms with Gasteiger partial charge < -0.3 is 4.42 Å². The van der Waals surface area contributed by atoms with Gasteiger partial charge >= 0.3 is 0 Å². The highest BCUT2D eigenvalue weighted by Gasteiger charge is 2.19. The van der Waals surface area contributed by atoms with Crippen molar-refractivity contribution in [3.63, 3.8) is 0 Å². The Morgan fingerprint density at radius 3 is 2.36 bits per heavy atom. The molecule has 0 amide bonds. The number of hydrogen-bond acceptors (Lipinski definition) is 1. The molecule has 178 valence electrons. The highest BCUT2D eigenvalue weighted by molar-refractivity contribution is 6.19. The third-order valence-corrected chi connectivity index (χ3v) is 6.87. The van der Waals surface area contributed by atoms with Gasteiger partial charge in [-0.15, -0.1) is 0 Å². The third kappa shape index (κ3) is 3.97. The zero-order chi connectivity index (χ0) is 26.8. The van der Waals surface area contributed by atoms with Crippen LogP contribution in [0.5, 0.6) is 0 Å². The SMILES string of the molecule is [2H]C([2H])(c1ccc(-c2cc[n+](C)c(-c3cc4c(cc3C)oc3ccc5ccccc5c34)c2)cc1)C(C)(C)C. The first kappa shape index (κ1) is 20.3. The van der Waals surface area contributed by atoms with Crippen LogP contribution in [0, 0.1) is 12.3 Å². The van der Waals surface area contributed by atoms with Crippen LogP contribution in [0.15, 0.2) is 95.5 Å². The molecule has 6 rings (SSSR count). The summed E-state index contributed by atoms with van der Waals surface area (Å²) in [7, 11) is 2.08. The van der Waals surface area contributed by atoms with Gasteiger partial charge in [0.2, 0.25) is 5.69 Å². The van der Waals surface area contributed by atoms with E-state index in [1.807, 2.05) is 45.0 Å². The van der Waals surface area contributed by atoms with Crippen molar-refractivity contribution in [3.8, 4) is 22.4 Å². The number of aryl methyl sites for hydroxylation is 2. The van der Waals surface area contributed by atoms with Crippen LogP contribution in [0.2, 0.25) is 0 Å². The number of fused-ring (bicyclic) bond motifs is 5. The summed E-state index contributed by atoms with van der Waals surface area (Å²) in [5, 5.41) is 4.68. The maximum Gasteiger partial charge on any atom is 0.213 e. The van der Waals surface area contributed by atoms with E-state index in [0.717, 1.165) is 49.9 Å². The summed E-state index contributed by atoms with van der Waals surface area (Å²) < 4.78 is 25.7. The summed E-state index contributed by atoms with van der Waals surface area (Å²) in [5.41, 5.74) is 7.63. The predicted molar refractivity (Wildman–Crippen MR) is 151 cm³/mol. The second-order valence-electron chi connectivity index (χ2n) is 10.8. The Kier molecular flexibility index (Phi) is 4.70. The molecule has 2 heterocycles. The van der Waals surface area contributed by atoms with Crippen molar-refractivity contribution in [1.82, 2.24) is 0 Å². The minimum atomic E-state index is -1.41. The molecule has 4 aromatic carbocycles. The van der Waals surface area contributed by atoms with Crippen LogP contribution in [0.3, 0.4) is 0 Å². The van der Waals surface area contributed by atoms with E-state index >= 15 is 0 Å². The Bertz CT molecular complexity index is 1840. The lowest BCUT2D eigenvalue weighted by atomic mass is 9.87. The number of furan rings is 1. The summed E-state index contributed by atoms with van der Waals surface area (Å²) in [5.74, 6) is 0. The lowest BCUT2D eigenvalue weighted by Crippen LogP contribution is -2.30. The lowest BCUT2D eigenvalue weighted by molar-refractivity contribution is -0.660. The standard InChI is InChI=1S/C34H32NO/c1-22-18-32-29(33-27-9-7-6-8-25(27)14-15-31(33)36-32)20-28(22)30-19-26(16-17-35(30)5)24-12-10-23(11-13-24)21-34(2,3)4/h6-20H,21H2,1-5H3/q+1/i21D2. The van der Waals surface area contributed by atoms with Crippen molar-refractivity contribution in [2.45, 2.75) is 34.1 Å². The summed E-state index contributed by atoms with van der Waals surface area (Å²) in [4.78, 5) is 0. The molecule has 0 bridgehead atoms. The first-order valence-electron chi connectivity index (χ1n) is 13.5. The van der Waals surface area contributed by atoms with Crippen LogP contribution in [0.4, 0.5) is 0 Å². The van der Waals surface area contributed by atoms with Gasteiger partial charge in [0.15, 0.2) is 6.20 Å². The fraction of sp³-hybridized carbons (Fsp3) is 0.206. The molecular formula is C34H32NO+. The molecule has 0 radical (unpaired) electrons. The van der Waals surface area contributed by atoms with Crippen LogP contribution >= 0.6 is 0 Å². The van der Waals surface area contributed by atoms with Gasteiger partial charge in [-0.3, -0.25) is 0 Å². The van der Waals surface area contributed by atoms with Gasteiger partial charge in [-0.05, 0) is 69.9 Å². The quantitative estimate of drug-likeness (QED) is 0.235. The van der Waals surface area contributed by atoms with E-state index in [4.69, 9.17) is 7.16 Å². The first-order chi connectivity index (χ1) is 18.0. The van der Waals surface area contributed by atoms with Crippen molar-refractivity contribution in [2.75, 3.05) is 0 Å². The zero-order valence-corrected chi connectivity index (χ0v) is 21.5. The van der Waals surface area contributed by atoms with E-state index < -0.39 is 11.8 Å². The van der Waals surface area contributed by atoms with Crippen molar-refractivity contribution in [1.29, 1.82) is 0 Å². The first-order valence-corrected chi connectivity index (χ1v) is 12.5. The number of aromatic nitrogens is 1. The minimum Gasteiger partial charge on any atom is -0.456 e. The number of rotatable bonds is 3. The zero-order valence-electron chi connectivity index (χ0n) is 23.5. The van der Waals surface area contributed by atoms with E-state index in [2.05, 4.69) is 85.4 Å². The monoisotopic (exact) mass is 472 g/mol. The average Bonchev–Trinajstić information content (AvgIpc) is 3.25. The molecule has 0 fully saturated rings. The number of nitrogens with zero attached hydrogens (tertiary/aromatic N) is 1. The molecule has 2 aromatic heterocycles. The molecule has 0 N–H and O–H groups in total. The topological polar surface area (TPSA) is 17.0 Å². The summed E-state index contributed by atoms with van der Waals surface area (Å²) in [6.07, 6.45) is 0.684.